The molecule has 0 aromatic carbocycles. The van der Waals surface area contributed by atoms with Crippen LogP contribution in [0.4, 0.5) is 0 Å². The van der Waals surface area contributed by atoms with Gasteiger partial charge in [0.2, 0.25) is 0 Å². The third kappa shape index (κ3) is 2.22. The molecule has 0 aliphatic rings. The van der Waals surface area contributed by atoms with Crippen molar-refractivity contribution in [3.05, 3.63) is 18.2 Å². The van der Waals surface area contributed by atoms with Crippen LogP contribution in [-0.2, 0) is 13.5 Å². The summed E-state index contributed by atoms with van der Waals surface area (Å²) in [5.74, 6) is 1.06. The fourth-order valence-corrected chi connectivity index (χ4v) is 1.07. The van der Waals surface area contributed by atoms with Gasteiger partial charge in [0.25, 0.3) is 0 Å². The number of halogens is 1. The molecule has 3 heteroatoms. The van der Waals surface area contributed by atoms with Gasteiger partial charge in [0.1, 0.15) is 5.82 Å². The van der Waals surface area contributed by atoms with Crippen molar-refractivity contribution < 1.29 is 0 Å². The first kappa shape index (κ1) is 8.60. The predicted molar refractivity (Wildman–Crippen MR) is 46.8 cm³/mol. The Balaban J connectivity index is 2.56. The largest absolute Gasteiger partial charge is 0.338 e. The van der Waals surface area contributed by atoms with Gasteiger partial charge in [0.05, 0.1) is 0 Å². The summed E-state index contributed by atoms with van der Waals surface area (Å²) in [5.41, 5.74) is 0. The van der Waals surface area contributed by atoms with E-state index < -0.39 is 0 Å². The topological polar surface area (TPSA) is 17.8 Å². The second-order valence-corrected chi connectivity index (χ2v) is 3.28. The van der Waals surface area contributed by atoms with Crippen molar-refractivity contribution in [2.24, 2.45) is 7.05 Å². The van der Waals surface area contributed by atoms with Gasteiger partial charge in [-0.15, -0.1) is 11.6 Å². The van der Waals surface area contributed by atoms with Gasteiger partial charge in [-0.1, -0.05) is 6.92 Å². The molecule has 1 heterocycles. The number of aryl methyl sites for hydroxylation is 1. The van der Waals surface area contributed by atoms with E-state index in [1.54, 1.807) is 6.20 Å². The molecule has 0 saturated heterocycles. The Morgan fingerprint density at radius 3 is 2.91 bits per heavy atom. The monoisotopic (exact) mass is 172 g/mol. The maximum absolute atomic E-state index is 5.98. The van der Waals surface area contributed by atoms with Crippen LogP contribution in [0.25, 0.3) is 0 Å². The summed E-state index contributed by atoms with van der Waals surface area (Å²) in [5, 5.41) is 0.219. The van der Waals surface area contributed by atoms with Crippen LogP contribution in [0.1, 0.15) is 19.2 Å². The fourth-order valence-electron chi connectivity index (χ4n) is 0.936. The third-order valence-corrected chi connectivity index (χ3v) is 2.23. The summed E-state index contributed by atoms with van der Waals surface area (Å²) in [6.07, 6.45) is 5.60. The van der Waals surface area contributed by atoms with E-state index in [1.807, 2.05) is 17.8 Å². The van der Waals surface area contributed by atoms with Crippen molar-refractivity contribution in [2.45, 2.75) is 25.1 Å². The van der Waals surface area contributed by atoms with Crippen LogP contribution < -0.4 is 0 Å². The lowest BCUT2D eigenvalue weighted by Gasteiger charge is -2.05. The number of imidazole rings is 1. The lowest BCUT2D eigenvalue weighted by Crippen LogP contribution is -2.06. The van der Waals surface area contributed by atoms with Crippen molar-refractivity contribution in [3.8, 4) is 0 Å². The van der Waals surface area contributed by atoms with E-state index in [2.05, 4.69) is 11.9 Å². The van der Waals surface area contributed by atoms with Gasteiger partial charge in [0, 0.05) is 31.2 Å². The molecular weight excluding hydrogens is 160 g/mol. The smallest absolute Gasteiger partial charge is 0.109 e. The third-order valence-electron chi connectivity index (χ3n) is 1.77. The SMILES string of the molecule is CCC(Cl)Cc1nccn1C. The number of hydrogen-bond acceptors (Lipinski definition) is 1. The Labute approximate surface area is 72.2 Å². The fraction of sp³-hybridized carbons (Fsp3) is 0.625. The Morgan fingerprint density at radius 2 is 2.45 bits per heavy atom. The molecule has 0 amide bonds. The molecule has 0 aliphatic carbocycles. The summed E-state index contributed by atoms with van der Waals surface area (Å²) < 4.78 is 2.00. The van der Waals surface area contributed by atoms with Crippen LogP contribution in [-0.4, -0.2) is 14.9 Å². The van der Waals surface area contributed by atoms with Gasteiger partial charge in [0.15, 0.2) is 0 Å². The zero-order valence-corrected chi connectivity index (χ0v) is 7.67. The summed E-state index contributed by atoms with van der Waals surface area (Å²) in [4.78, 5) is 4.18. The molecule has 11 heavy (non-hydrogen) atoms. The van der Waals surface area contributed by atoms with Gasteiger partial charge in [-0.2, -0.15) is 0 Å². The van der Waals surface area contributed by atoms with Gasteiger partial charge in [-0.3, -0.25) is 0 Å². The van der Waals surface area contributed by atoms with Crippen molar-refractivity contribution in [1.29, 1.82) is 0 Å². The van der Waals surface area contributed by atoms with E-state index in [9.17, 15) is 0 Å². The van der Waals surface area contributed by atoms with Gasteiger partial charge >= 0.3 is 0 Å². The molecule has 0 fully saturated rings. The van der Waals surface area contributed by atoms with E-state index in [-0.39, 0.29) is 5.38 Å². The minimum Gasteiger partial charge on any atom is -0.338 e. The van der Waals surface area contributed by atoms with E-state index in [4.69, 9.17) is 11.6 Å². The highest BCUT2D eigenvalue weighted by Gasteiger charge is 2.05. The van der Waals surface area contributed by atoms with Crippen molar-refractivity contribution in [2.75, 3.05) is 0 Å². The number of rotatable bonds is 3. The van der Waals surface area contributed by atoms with Crippen LogP contribution in [0.3, 0.4) is 0 Å². The second-order valence-electron chi connectivity index (χ2n) is 2.66. The molecule has 0 N–H and O–H groups in total. The van der Waals surface area contributed by atoms with Crippen LogP contribution >= 0.6 is 11.6 Å². The Kier molecular flexibility index (Phi) is 2.94. The summed E-state index contributed by atoms with van der Waals surface area (Å²) in [7, 11) is 1.99. The minimum atomic E-state index is 0.219. The summed E-state index contributed by atoms with van der Waals surface area (Å²) in [6.45, 7) is 2.08. The molecular formula is C8H13ClN2. The Bertz CT molecular complexity index is 220. The van der Waals surface area contributed by atoms with Gasteiger partial charge < -0.3 is 4.57 Å². The first-order valence-corrected chi connectivity index (χ1v) is 4.28. The Hall–Kier alpha value is -0.500. The number of nitrogens with zero attached hydrogens (tertiary/aromatic N) is 2. The molecule has 1 rings (SSSR count). The highest BCUT2D eigenvalue weighted by Crippen LogP contribution is 2.08. The Morgan fingerprint density at radius 1 is 1.73 bits per heavy atom. The molecule has 0 radical (unpaired) electrons. The molecule has 62 valence electrons. The van der Waals surface area contributed by atoms with E-state index >= 15 is 0 Å². The lowest BCUT2D eigenvalue weighted by atomic mass is 10.2. The lowest BCUT2D eigenvalue weighted by molar-refractivity contribution is 0.719. The highest BCUT2D eigenvalue weighted by molar-refractivity contribution is 6.20. The van der Waals surface area contributed by atoms with Crippen LogP contribution in [0.15, 0.2) is 12.4 Å². The molecule has 0 spiro atoms. The average molecular weight is 173 g/mol. The number of alkyl halides is 1. The molecule has 1 atom stereocenters. The molecule has 0 aliphatic heterocycles. The quantitative estimate of drug-likeness (QED) is 0.638. The second kappa shape index (κ2) is 3.77. The molecule has 2 nitrogen and oxygen atoms in total. The van der Waals surface area contributed by atoms with E-state index in [1.165, 1.54) is 0 Å². The first-order valence-electron chi connectivity index (χ1n) is 3.84. The maximum atomic E-state index is 5.98. The molecule has 1 unspecified atom stereocenters. The van der Waals surface area contributed by atoms with Crippen molar-refractivity contribution >= 4 is 11.6 Å². The zero-order valence-electron chi connectivity index (χ0n) is 6.92. The van der Waals surface area contributed by atoms with Crippen LogP contribution in [0.5, 0.6) is 0 Å². The normalized spacial score (nSPS) is 13.4. The van der Waals surface area contributed by atoms with Gasteiger partial charge in [-0.05, 0) is 6.42 Å². The molecule has 1 aromatic rings. The van der Waals surface area contributed by atoms with Gasteiger partial charge in [-0.25, -0.2) is 4.98 Å². The summed E-state index contributed by atoms with van der Waals surface area (Å²) >= 11 is 5.98. The van der Waals surface area contributed by atoms with E-state index in [0.29, 0.717) is 0 Å². The number of hydrogen-bond donors (Lipinski definition) is 0. The molecule has 0 bridgehead atoms. The van der Waals surface area contributed by atoms with Crippen molar-refractivity contribution in [1.82, 2.24) is 9.55 Å². The maximum Gasteiger partial charge on any atom is 0.109 e. The summed E-state index contributed by atoms with van der Waals surface area (Å²) in [6, 6.07) is 0. The minimum absolute atomic E-state index is 0.219. The first-order chi connectivity index (χ1) is 5.24. The van der Waals surface area contributed by atoms with Crippen LogP contribution in [0.2, 0.25) is 0 Å². The zero-order chi connectivity index (χ0) is 8.27. The average Bonchev–Trinajstić information content (AvgIpc) is 2.37. The molecule has 1 aromatic heterocycles. The van der Waals surface area contributed by atoms with E-state index in [0.717, 1.165) is 18.7 Å². The van der Waals surface area contributed by atoms with Crippen LogP contribution in [0, 0.1) is 0 Å². The predicted octanol–water partition coefficient (Wildman–Crippen LogP) is 1.98. The van der Waals surface area contributed by atoms with Crippen molar-refractivity contribution in [3.63, 3.8) is 0 Å². The number of aromatic nitrogens is 2. The molecule has 0 saturated carbocycles. The standard InChI is InChI=1S/C8H13ClN2/c1-3-7(9)6-8-10-4-5-11(8)2/h4-5,7H,3,6H2,1-2H3. The highest BCUT2D eigenvalue weighted by atomic mass is 35.5.